The zero-order chi connectivity index (χ0) is 19.6. The molecular weight excluding hydrogens is 368 g/mol. The second-order valence-electron chi connectivity index (χ2n) is 6.90. The van der Waals surface area contributed by atoms with Crippen molar-refractivity contribution in [3.63, 3.8) is 0 Å². The zero-order valence-corrected chi connectivity index (χ0v) is 16.5. The smallest absolute Gasteiger partial charge is 0.240 e. The molecule has 0 atom stereocenters. The third-order valence-corrected chi connectivity index (χ3v) is 6.35. The maximum atomic E-state index is 12.6. The van der Waals surface area contributed by atoms with E-state index in [1.165, 1.54) is 5.56 Å². The first-order chi connectivity index (χ1) is 13.5. The van der Waals surface area contributed by atoms with Gasteiger partial charge in [0.2, 0.25) is 10.0 Å². The Morgan fingerprint density at radius 2 is 1.68 bits per heavy atom. The van der Waals surface area contributed by atoms with Gasteiger partial charge in [-0.15, -0.1) is 0 Å². The highest BCUT2D eigenvalue weighted by molar-refractivity contribution is 7.89. The summed E-state index contributed by atoms with van der Waals surface area (Å²) >= 11 is 0. The average Bonchev–Trinajstić information content (AvgIpc) is 3.11. The lowest BCUT2D eigenvalue weighted by molar-refractivity contribution is 0.582. The molecule has 4 rings (SSSR count). The Morgan fingerprint density at radius 1 is 0.893 bits per heavy atom. The van der Waals surface area contributed by atoms with Crippen LogP contribution < -0.4 is 4.72 Å². The Hall–Kier alpha value is -2.89. The number of hydrogen-bond acceptors (Lipinski definition) is 2. The third kappa shape index (κ3) is 3.86. The van der Waals surface area contributed by atoms with Crippen molar-refractivity contribution in [3.8, 4) is 11.1 Å². The van der Waals surface area contributed by atoms with Crippen molar-refractivity contribution in [2.75, 3.05) is 6.54 Å². The summed E-state index contributed by atoms with van der Waals surface area (Å²) in [6.07, 6.45) is 2.57. The number of H-pyrrole nitrogens is 1. The summed E-state index contributed by atoms with van der Waals surface area (Å²) in [5.74, 6) is 0. The van der Waals surface area contributed by atoms with Gasteiger partial charge in [0.1, 0.15) is 0 Å². The lowest BCUT2D eigenvalue weighted by Gasteiger charge is -2.08. The molecule has 28 heavy (non-hydrogen) atoms. The molecule has 0 saturated heterocycles. The summed E-state index contributed by atoms with van der Waals surface area (Å²) in [7, 11) is -3.53. The molecule has 0 radical (unpaired) electrons. The van der Waals surface area contributed by atoms with E-state index in [2.05, 4.69) is 15.8 Å². The number of para-hydroxylation sites is 1. The van der Waals surface area contributed by atoms with E-state index >= 15 is 0 Å². The molecule has 4 nitrogen and oxygen atoms in total. The molecule has 1 aromatic heterocycles. The molecule has 0 unspecified atom stereocenters. The van der Waals surface area contributed by atoms with Crippen LogP contribution in [0.5, 0.6) is 0 Å². The van der Waals surface area contributed by atoms with Gasteiger partial charge in [-0.3, -0.25) is 0 Å². The number of aryl methyl sites for hydroxylation is 1. The summed E-state index contributed by atoms with van der Waals surface area (Å²) < 4.78 is 27.9. The molecule has 0 bridgehead atoms. The number of aromatic amines is 1. The van der Waals surface area contributed by atoms with E-state index in [9.17, 15) is 8.42 Å². The molecule has 0 amide bonds. The van der Waals surface area contributed by atoms with Gasteiger partial charge in [-0.05, 0) is 48.2 Å². The van der Waals surface area contributed by atoms with Gasteiger partial charge in [0, 0.05) is 23.6 Å². The summed E-state index contributed by atoms with van der Waals surface area (Å²) in [6.45, 7) is 2.39. The van der Waals surface area contributed by atoms with Gasteiger partial charge in [0.15, 0.2) is 0 Å². The van der Waals surface area contributed by atoms with E-state index in [-0.39, 0.29) is 4.90 Å². The summed E-state index contributed by atoms with van der Waals surface area (Å²) in [5.41, 5.74) is 5.42. The fraction of sp³-hybridized carbons (Fsp3) is 0.130. The molecule has 5 heteroatoms. The van der Waals surface area contributed by atoms with E-state index in [1.807, 2.05) is 67.7 Å². The second kappa shape index (κ2) is 7.62. The molecule has 0 saturated carbocycles. The third-order valence-electron chi connectivity index (χ3n) is 4.88. The number of fused-ring (bicyclic) bond motifs is 1. The Balaban J connectivity index is 1.44. The first kappa shape index (κ1) is 18.5. The van der Waals surface area contributed by atoms with Gasteiger partial charge in [-0.1, -0.05) is 60.2 Å². The fourth-order valence-corrected chi connectivity index (χ4v) is 4.42. The zero-order valence-electron chi connectivity index (χ0n) is 15.6. The van der Waals surface area contributed by atoms with Crippen LogP contribution in [0.3, 0.4) is 0 Å². The maximum Gasteiger partial charge on any atom is 0.240 e. The minimum Gasteiger partial charge on any atom is -0.361 e. The number of sulfonamides is 1. The highest BCUT2D eigenvalue weighted by Gasteiger charge is 2.14. The van der Waals surface area contributed by atoms with E-state index in [0.717, 1.165) is 27.6 Å². The molecule has 3 aromatic carbocycles. The van der Waals surface area contributed by atoms with Crippen LogP contribution in [0, 0.1) is 6.92 Å². The van der Waals surface area contributed by atoms with Gasteiger partial charge in [-0.25, -0.2) is 13.1 Å². The Labute approximate surface area is 165 Å². The average molecular weight is 391 g/mol. The molecular formula is C23H22N2O2S. The number of hydrogen-bond donors (Lipinski definition) is 2. The van der Waals surface area contributed by atoms with E-state index in [1.54, 1.807) is 12.1 Å². The summed E-state index contributed by atoms with van der Waals surface area (Å²) in [5, 5.41) is 1.13. The number of nitrogens with one attached hydrogen (secondary N) is 2. The Kier molecular flexibility index (Phi) is 5.03. The molecule has 4 aromatic rings. The SMILES string of the molecule is Cc1cccc(-c2ccc(S(=O)(=O)NCCc3c[nH]c4ccccc34)cc2)c1. The lowest BCUT2D eigenvalue weighted by atomic mass is 10.0. The lowest BCUT2D eigenvalue weighted by Crippen LogP contribution is -2.25. The summed E-state index contributed by atoms with van der Waals surface area (Å²) in [6, 6.07) is 23.2. The maximum absolute atomic E-state index is 12.6. The first-order valence-corrected chi connectivity index (χ1v) is 10.7. The van der Waals surface area contributed by atoms with Crippen molar-refractivity contribution in [1.29, 1.82) is 0 Å². The van der Waals surface area contributed by atoms with Crippen molar-refractivity contribution >= 4 is 20.9 Å². The topological polar surface area (TPSA) is 62.0 Å². The molecule has 0 aliphatic rings. The predicted octanol–water partition coefficient (Wildman–Crippen LogP) is 4.66. The van der Waals surface area contributed by atoms with Gasteiger partial charge in [-0.2, -0.15) is 0 Å². The minimum absolute atomic E-state index is 0.280. The molecule has 0 aliphatic carbocycles. The summed E-state index contributed by atoms with van der Waals surface area (Å²) in [4.78, 5) is 3.50. The van der Waals surface area contributed by atoms with E-state index in [4.69, 9.17) is 0 Å². The highest BCUT2D eigenvalue weighted by Crippen LogP contribution is 2.22. The molecule has 1 heterocycles. The number of aromatic nitrogens is 1. The van der Waals surface area contributed by atoms with Crippen molar-refractivity contribution in [3.05, 3.63) is 90.1 Å². The van der Waals surface area contributed by atoms with Crippen LogP contribution in [0.4, 0.5) is 0 Å². The fourth-order valence-electron chi connectivity index (χ4n) is 3.39. The van der Waals surface area contributed by atoms with Gasteiger partial charge < -0.3 is 4.98 Å². The monoisotopic (exact) mass is 390 g/mol. The van der Waals surface area contributed by atoms with Crippen LogP contribution in [-0.2, 0) is 16.4 Å². The van der Waals surface area contributed by atoms with E-state index < -0.39 is 10.0 Å². The second-order valence-corrected chi connectivity index (χ2v) is 8.67. The van der Waals surface area contributed by atoms with Gasteiger partial charge in [0.25, 0.3) is 0 Å². The highest BCUT2D eigenvalue weighted by atomic mass is 32.2. The molecule has 142 valence electrons. The number of benzene rings is 3. The van der Waals surface area contributed by atoms with Gasteiger partial charge >= 0.3 is 0 Å². The van der Waals surface area contributed by atoms with Crippen molar-refractivity contribution in [1.82, 2.24) is 9.71 Å². The molecule has 0 aliphatic heterocycles. The molecule has 2 N–H and O–H groups in total. The van der Waals surface area contributed by atoms with Crippen molar-refractivity contribution < 1.29 is 8.42 Å². The largest absolute Gasteiger partial charge is 0.361 e. The first-order valence-electron chi connectivity index (χ1n) is 9.25. The van der Waals surface area contributed by atoms with Crippen molar-refractivity contribution in [2.24, 2.45) is 0 Å². The van der Waals surface area contributed by atoms with E-state index in [0.29, 0.717) is 13.0 Å². The molecule has 0 fully saturated rings. The van der Waals surface area contributed by atoms with Crippen LogP contribution >= 0.6 is 0 Å². The van der Waals surface area contributed by atoms with Crippen LogP contribution in [0.15, 0.2) is 83.9 Å². The number of rotatable bonds is 6. The van der Waals surface area contributed by atoms with Crippen molar-refractivity contribution in [2.45, 2.75) is 18.2 Å². The van der Waals surface area contributed by atoms with Crippen LogP contribution in [-0.4, -0.2) is 19.9 Å². The van der Waals surface area contributed by atoms with Crippen LogP contribution in [0.2, 0.25) is 0 Å². The molecule has 0 spiro atoms. The standard InChI is InChI=1S/C23H22N2O2S/c1-17-5-4-6-19(15-17)18-9-11-21(12-10-18)28(26,27)25-14-13-20-16-24-23-8-3-2-7-22(20)23/h2-12,15-16,24-25H,13-14H2,1H3. The van der Waals surface area contributed by atoms with Gasteiger partial charge in [0.05, 0.1) is 4.90 Å². The van der Waals surface area contributed by atoms with Crippen LogP contribution in [0.25, 0.3) is 22.0 Å². The normalized spacial score (nSPS) is 11.8. The minimum atomic E-state index is -3.53. The van der Waals surface area contributed by atoms with Crippen LogP contribution in [0.1, 0.15) is 11.1 Å². The quantitative estimate of drug-likeness (QED) is 0.503. The predicted molar refractivity (Wildman–Crippen MR) is 114 cm³/mol. The Morgan fingerprint density at radius 3 is 2.46 bits per heavy atom. The Bertz CT molecular complexity index is 1210.